The first kappa shape index (κ1) is 21.2. The molecule has 5 nitrogen and oxygen atoms in total. The van der Waals surface area contributed by atoms with Crippen LogP contribution in [-0.4, -0.2) is 56.7 Å². The van der Waals surface area contributed by atoms with Gasteiger partial charge in [-0.3, -0.25) is 9.69 Å². The summed E-state index contributed by atoms with van der Waals surface area (Å²) in [5.41, 5.74) is 4.28. The van der Waals surface area contributed by atoms with E-state index in [9.17, 15) is 4.79 Å². The third kappa shape index (κ3) is 5.73. The van der Waals surface area contributed by atoms with Crippen LogP contribution in [0.25, 0.3) is 0 Å². The van der Waals surface area contributed by atoms with Crippen LogP contribution in [0.1, 0.15) is 34.8 Å². The number of anilines is 1. The van der Waals surface area contributed by atoms with Gasteiger partial charge in [0.05, 0.1) is 12.7 Å². The third-order valence-electron chi connectivity index (χ3n) is 5.59. The topological polar surface area (TPSA) is 44.8 Å². The molecule has 0 bridgehead atoms. The Morgan fingerprint density at radius 3 is 2.48 bits per heavy atom. The molecule has 1 saturated heterocycles. The molecule has 2 aromatic rings. The molecular formula is C24H33N3O2. The Kier molecular flexibility index (Phi) is 7.15. The molecule has 1 unspecified atom stereocenters. The molecule has 1 atom stereocenters. The highest BCUT2D eigenvalue weighted by molar-refractivity contribution is 5.97. The van der Waals surface area contributed by atoms with E-state index in [1.54, 1.807) is 7.11 Å². The molecule has 1 N–H and O–H groups in total. The first-order valence-corrected chi connectivity index (χ1v) is 10.5. The monoisotopic (exact) mass is 395 g/mol. The van der Waals surface area contributed by atoms with Gasteiger partial charge in [0.25, 0.3) is 5.91 Å². The smallest absolute Gasteiger partial charge is 0.255 e. The fourth-order valence-electron chi connectivity index (χ4n) is 3.80. The Bertz CT molecular complexity index is 829. The zero-order valence-corrected chi connectivity index (χ0v) is 18.1. The molecule has 156 valence electrons. The molecule has 3 rings (SSSR count). The van der Waals surface area contributed by atoms with Crippen molar-refractivity contribution < 1.29 is 9.53 Å². The molecule has 0 radical (unpaired) electrons. The van der Waals surface area contributed by atoms with Crippen LogP contribution < -0.4 is 15.0 Å². The molecular weight excluding hydrogens is 362 g/mol. The maximum absolute atomic E-state index is 12.7. The average Bonchev–Trinajstić information content (AvgIpc) is 2.72. The molecule has 0 aromatic heterocycles. The van der Waals surface area contributed by atoms with E-state index in [1.165, 1.54) is 11.3 Å². The van der Waals surface area contributed by atoms with Gasteiger partial charge in [0.2, 0.25) is 0 Å². The number of methoxy groups -OCH3 is 1. The molecule has 1 heterocycles. The number of ether oxygens (including phenoxy) is 1. The molecule has 1 fully saturated rings. The van der Waals surface area contributed by atoms with Gasteiger partial charge in [-0.2, -0.15) is 0 Å². The highest BCUT2D eigenvalue weighted by Crippen LogP contribution is 2.20. The SMILES string of the molecule is COc1ccc(C)cc1C(=O)NC(C)CCN1CCN(c2cccc(C)c2)CC1. The van der Waals surface area contributed by atoms with E-state index in [0.717, 1.165) is 44.7 Å². The number of piperazine rings is 1. The zero-order valence-electron chi connectivity index (χ0n) is 18.1. The van der Waals surface area contributed by atoms with E-state index in [2.05, 4.69) is 53.2 Å². The van der Waals surface area contributed by atoms with Gasteiger partial charge in [-0.15, -0.1) is 0 Å². The minimum atomic E-state index is -0.0673. The second kappa shape index (κ2) is 9.79. The van der Waals surface area contributed by atoms with Crippen molar-refractivity contribution in [1.29, 1.82) is 0 Å². The van der Waals surface area contributed by atoms with Crippen molar-refractivity contribution in [2.24, 2.45) is 0 Å². The minimum absolute atomic E-state index is 0.0673. The normalized spacial score (nSPS) is 15.8. The van der Waals surface area contributed by atoms with Gasteiger partial charge in [-0.05, 0) is 57.0 Å². The lowest BCUT2D eigenvalue weighted by molar-refractivity contribution is 0.0932. The summed E-state index contributed by atoms with van der Waals surface area (Å²) in [6.07, 6.45) is 0.935. The Labute approximate surface area is 174 Å². The predicted molar refractivity (Wildman–Crippen MR) is 119 cm³/mol. The van der Waals surface area contributed by atoms with Gasteiger partial charge >= 0.3 is 0 Å². The molecule has 0 spiro atoms. The number of hydrogen-bond acceptors (Lipinski definition) is 4. The lowest BCUT2D eigenvalue weighted by Gasteiger charge is -2.36. The summed E-state index contributed by atoms with van der Waals surface area (Å²) < 4.78 is 5.34. The van der Waals surface area contributed by atoms with Crippen molar-refractivity contribution >= 4 is 11.6 Å². The summed E-state index contributed by atoms with van der Waals surface area (Å²) in [4.78, 5) is 17.6. The Hall–Kier alpha value is -2.53. The number of hydrogen-bond donors (Lipinski definition) is 1. The summed E-state index contributed by atoms with van der Waals surface area (Å²) in [5.74, 6) is 0.551. The van der Waals surface area contributed by atoms with Crippen LogP contribution in [0.15, 0.2) is 42.5 Å². The third-order valence-corrected chi connectivity index (χ3v) is 5.59. The van der Waals surface area contributed by atoms with Crippen molar-refractivity contribution in [1.82, 2.24) is 10.2 Å². The van der Waals surface area contributed by atoms with E-state index < -0.39 is 0 Å². The summed E-state index contributed by atoms with van der Waals surface area (Å²) in [6.45, 7) is 11.4. The number of carbonyl (C=O) groups excluding carboxylic acids is 1. The number of aryl methyl sites for hydroxylation is 2. The van der Waals surface area contributed by atoms with Crippen LogP contribution in [0, 0.1) is 13.8 Å². The van der Waals surface area contributed by atoms with Gasteiger partial charge in [-0.1, -0.05) is 23.8 Å². The van der Waals surface area contributed by atoms with Gasteiger partial charge in [-0.25, -0.2) is 0 Å². The highest BCUT2D eigenvalue weighted by Gasteiger charge is 2.19. The highest BCUT2D eigenvalue weighted by atomic mass is 16.5. The van der Waals surface area contributed by atoms with Gasteiger partial charge in [0.15, 0.2) is 0 Å². The van der Waals surface area contributed by atoms with Crippen molar-refractivity contribution in [3.05, 3.63) is 59.2 Å². The van der Waals surface area contributed by atoms with E-state index >= 15 is 0 Å². The van der Waals surface area contributed by atoms with Gasteiger partial charge < -0.3 is 15.0 Å². The molecule has 0 saturated carbocycles. The van der Waals surface area contributed by atoms with Crippen molar-refractivity contribution in [3.63, 3.8) is 0 Å². The van der Waals surface area contributed by atoms with Crippen LogP contribution in [0.2, 0.25) is 0 Å². The maximum Gasteiger partial charge on any atom is 0.255 e. The molecule has 1 aliphatic rings. The molecule has 1 amide bonds. The van der Waals surface area contributed by atoms with Crippen molar-refractivity contribution in [2.75, 3.05) is 44.7 Å². The van der Waals surface area contributed by atoms with E-state index in [-0.39, 0.29) is 11.9 Å². The van der Waals surface area contributed by atoms with Crippen LogP contribution in [0.4, 0.5) is 5.69 Å². The quantitative estimate of drug-likeness (QED) is 0.777. The summed E-state index contributed by atoms with van der Waals surface area (Å²) >= 11 is 0. The maximum atomic E-state index is 12.7. The number of rotatable bonds is 7. The lowest BCUT2D eigenvalue weighted by Crippen LogP contribution is -2.47. The Morgan fingerprint density at radius 2 is 1.79 bits per heavy atom. The van der Waals surface area contributed by atoms with E-state index in [1.807, 2.05) is 25.1 Å². The fraction of sp³-hybridized carbons (Fsp3) is 0.458. The van der Waals surface area contributed by atoms with E-state index in [0.29, 0.717) is 11.3 Å². The first-order chi connectivity index (χ1) is 14.0. The first-order valence-electron chi connectivity index (χ1n) is 10.5. The van der Waals surface area contributed by atoms with Crippen LogP contribution >= 0.6 is 0 Å². The molecule has 5 heteroatoms. The summed E-state index contributed by atoms with van der Waals surface area (Å²) in [5, 5.41) is 3.12. The number of nitrogens with one attached hydrogen (secondary N) is 1. The average molecular weight is 396 g/mol. The van der Waals surface area contributed by atoms with Gasteiger partial charge in [0.1, 0.15) is 5.75 Å². The lowest BCUT2D eigenvalue weighted by atomic mass is 10.1. The number of amides is 1. The minimum Gasteiger partial charge on any atom is -0.496 e. The van der Waals surface area contributed by atoms with Crippen molar-refractivity contribution in [3.8, 4) is 5.75 Å². The summed E-state index contributed by atoms with van der Waals surface area (Å²) in [7, 11) is 1.60. The molecule has 2 aromatic carbocycles. The molecule has 0 aliphatic carbocycles. The summed E-state index contributed by atoms with van der Waals surface area (Å²) in [6, 6.07) is 14.5. The standard InChI is InChI=1S/C24H33N3O2/c1-18-6-5-7-21(16-18)27-14-12-26(13-15-27)11-10-20(3)25-24(28)22-17-19(2)8-9-23(22)29-4/h5-9,16-17,20H,10-15H2,1-4H3,(H,25,28). The largest absolute Gasteiger partial charge is 0.496 e. The van der Waals surface area contributed by atoms with Gasteiger partial charge in [0, 0.05) is 44.5 Å². The van der Waals surface area contributed by atoms with Crippen LogP contribution in [0.5, 0.6) is 5.75 Å². The van der Waals surface area contributed by atoms with E-state index in [4.69, 9.17) is 4.74 Å². The molecule has 29 heavy (non-hydrogen) atoms. The zero-order chi connectivity index (χ0) is 20.8. The number of nitrogens with zero attached hydrogens (tertiary/aromatic N) is 2. The van der Waals surface area contributed by atoms with Crippen LogP contribution in [0.3, 0.4) is 0 Å². The second-order valence-corrected chi connectivity index (χ2v) is 8.03. The second-order valence-electron chi connectivity index (χ2n) is 8.03. The fourth-order valence-corrected chi connectivity index (χ4v) is 3.80. The Balaban J connectivity index is 1.45. The number of carbonyl (C=O) groups is 1. The Morgan fingerprint density at radius 1 is 1.07 bits per heavy atom. The molecule has 1 aliphatic heterocycles. The number of benzene rings is 2. The van der Waals surface area contributed by atoms with Crippen LogP contribution in [-0.2, 0) is 0 Å². The van der Waals surface area contributed by atoms with Crippen molar-refractivity contribution in [2.45, 2.75) is 33.2 Å². The predicted octanol–water partition coefficient (Wildman–Crippen LogP) is 3.64.